The van der Waals surface area contributed by atoms with E-state index in [0.29, 0.717) is 12.6 Å². The molecule has 114 valence electrons. The van der Waals surface area contributed by atoms with Crippen molar-refractivity contribution in [2.75, 3.05) is 31.5 Å². The van der Waals surface area contributed by atoms with Crippen LogP contribution in [0.2, 0.25) is 0 Å². The van der Waals surface area contributed by atoms with Crippen molar-refractivity contribution in [2.24, 2.45) is 5.92 Å². The number of carbonyl (C=O) groups excluding carboxylic acids is 1. The minimum absolute atomic E-state index is 0.230. The molecular weight excluding hydrogens is 266 g/mol. The van der Waals surface area contributed by atoms with Crippen molar-refractivity contribution in [1.82, 2.24) is 20.4 Å². The second-order valence-electron chi connectivity index (χ2n) is 5.98. The van der Waals surface area contributed by atoms with E-state index in [0.717, 1.165) is 44.2 Å². The molecule has 1 aliphatic heterocycles. The SMILES string of the molecule is O=C(CNCC1CC1)N1CCC(Nc2cccnn2)CC1. The summed E-state index contributed by atoms with van der Waals surface area (Å²) in [7, 11) is 0. The van der Waals surface area contributed by atoms with Crippen molar-refractivity contribution >= 4 is 11.7 Å². The van der Waals surface area contributed by atoms with E-state index in [-0.39, 0.29) is 5.91 Å². The molecule has 0 unspecified atom stereocenters. The molecule has 0 bridgehead atoms. The van der Waals surface area contributed by atoms with Gasteiger partial charge in [-0.1, -0.05) is 0 Å². The molecule has 1 aromatic heterocycles. The van der Waals surface area contributed by atoms with E-state index in [1.54, 1.807) is 6.20 Å². The molecule has 6 nitrogen and oxygen atoms in total. The molecule has 2 N–H and O–H groups in total. The molecule has 1 amide bonds. The first-order chi connectivity index (χ1) is 10.3. The molecule has 0 aromatic carbocycles. The van der Waals surface area contributed by atoms with Crippen LogP contribution in [0, 0.1) is 5.92 Å². The summed E-state index contributed by atoms with van der Waals surface area (Å²) in [6.45, 7) is 3.12. The van der Waals surface area contributed by atoms with E-state index in [4.69, 9.17) is 0 Å². The highest BCUT2D eigenvalue weighted by molar-refractivity contribution is 5.78. The summed E-state index contributed by atoms with van der Waals surface area (Å²) in [6.07, 6.45) is 6.23. The topological polar surface area (TPSA) is 70.2 Å². The fourth-order valence-electron chi connectivity index (χ4n) is 2.68. The predicted octanol–water partition coefficient (Wildman–Crippen LogP) is 0.879. The molecule has 0 atom stereocenters. The number of piperidine rings is 1. The fraction of sp³-hybridized carbons (Fsp3) is 0.667. The number of hydrogen-bond acceptors (Lipinski definition) is 5. The highest BCUT2D eigenvalue weighted by Crippen LogP contribution is 2.27. The van der Waals surface area contributed by atoms with Gasteiger partial charge in [-0.05, 0) is 50.3 Å². The Morgan fingerprint density at radius 2 is 2.10 bits per heavy atom. The van der Waals surface area contributed by atoms with E-state index in [2.05, 4.69) is 20.8 Å². The van der Waals surface area contributed by atoms with Crippen molar-refractivity contribution in [3.63, 3.8) is 0 Å². The van der Waals surface area contributed by atoms with Gasteiger partial charge in [-0.25, -0.2) is 0 Å². The zero-order valence-electron chi connectivity index (χ0n) is 12.3. The first-order valence-electron chi connectivity index (χ1n) is 7.84. The van der Waals surface area contributed by atoms with E-state index < -0.39 is 0 Å². The number of nitrogens with zero attached hydrogens (tertiary/aromatic N) is 3. The number of aromatic nitrogens is 2. The van der Waals surface area contributed by atoms with Crippen molar-refractivity contribution in [3.05, 3.63) is 18.3 Å². The standard InChI is InChI=1S/C15H23N5O/c21-15(11-16-10-12-3-4-12)20-8-5-13(6-9-20)18-14-2-1-7-17-19-14/h1-2,7,12-13,16H,3-6,8-11H2,(H,18,19). The summed E-state index contributed by atoms with van der Waals surface area (Å²) in [5.41, 5.74) is 0. The highest BCUT2D eigenvalue weighted by Gasteiger charge is 2.24. The second kappa shape index (κ2) is 6.85. The van der Waals surface area contributed by atoms with Crippen LogP contribution in [0.3, 0.4) is 0 Å². The monoisotopic (exact) mass is 289 g/mol. The number of carbonyl (C=O) groups is 1. The van der Waals surface area contributed by atoms with Crippen LogP contribution in [-0.2, 0) is 4.79 Å². The van der Waals surface area contributed by atoms with Gasteiger partial charge in [0.25, 0.3) is 0 Å². The van der Waals surface area contributed by atoms with Gasteiger partial charge in [0, 0.05) is 25.3 Å². The maximum Gasteiger partial charge on any atom is 0.236 e. The van der Waals surface area contributed by atoms with Gasteiger partial charge in [-0.3, -0.25) is 4.79 Å². The number of likely N-dealkylation sites (tertiary alicyclic amines) is 1. The van der Waals surface area contributed by atoms with Crippen molar-refractivity contribution < 1.29 is 4.79 Å². The summed E-state index contributed by atoms with van der Waals surface area (Å²) < 4.78 is 0. The minimum atomic E-state index is 0.230. The van der Waals surface area contributed by atoms with Gasteiger partial charge in [0.05, 0.1) is 6.54 Å². The van der Waals surface area contributed by atoms with Crippen molar-refractivity contribution in [3.8, 4) is 0 Å². The Bertz CT molecular complexity index is 454. The molecule has 3 rings (SSSR count). The molecule has 2 aliphatic rings. The third kappa shape index (κ3) is 4.39. The quantitative estimate of drug-likeness (QED) is 0.813. The Morgan fingerprint density at radius 1 is 1.29 bits per heavy atom. The fourth-order valence-corrected chi connectivity index (χ4v) is 2.68. The van der Waals surface area contributed by atoms with Crippen molar-refractivity contribution in [1.29, 1.82) is 0 Å². The van der Waals surface area contributed by atoms with Crippen LogP contribution >= 0.6 is 0 Å². The number of anilines is 1. The summed E-state index contributed by atoms with van der Waals surface area (Å²) in [5.74, 6) is 1.86. The first-order valence-corrected chi connectivity index (χ1v) is 7.84. The Labute approximate surface area is 125 Å². The van der Waals surface area contributed by atoms with Crippen LogP contribution in [0.25, 0.3) is 0 Å². The average molecular weight is 289 g/mol. The zero-order chi connectivity index (χ0) is 14.5. The maximum atomic E-state index is 12.1. The molecule has 1 aromatic rings. The first kappa shape index (κ1) is 14.3. The maximum absolute atomic E-state index is 12.1. The Morgan fingerprint density at radius 3 is 2.76 bits per heavy atom. The van der Waals surface area contributed by atoms with Crippen LogP contribution in [-0.4, -0.2) is 53.2 Å². The minimum Gasteiger partial charge on any atom is -0.366 e. The summed E-state index contributed by atoms with van der Waals surface area (Å²) in [6, 6.07) is 4.18. The van der Waals surface area contributed by atoms with Gasteiger partial charge in [-0.2, -0.15) is 5.10 Å². The lowest BCUT2D eigenvalue weighted by Crippen LogP contribution is -2.45. The van der Waals surface area contributed by atoms with Crippen LogP contribution in [0.4, 0.5) is 5.82 Å². The van der Waals surface area contributed by atoms with E-state index >= 15 is 0 Å². The molecule has 6 heteroatoms. The van der Waals surface area contributed by atoms with E-state index in [1.807, 2.05) is 17.0 Å². The molecule has 0 spiro atoms. The molecule has 1 saturated carbocycles. The van der Waals surface area contributed by atoms with Crippen molar-refractivity contribution in [2.45, 2.75) is 31.7 Å². The molecule has 2 fully saturated rings. The van der Waals surface area contributed by atoms with Crippen LogP contribution in [0.1, 0.15) is 25.7 Å². The Balaban J connectivity index is 1.36. The number of amides is 1. The van der Waals surface area contributed by atoms with Gasteiger partial charge in [-0.15, -0.1) is 5.10 Å². The Kier molecular flexibility index (Phi) is 4.65. The summed E-state index contributed by atoms with van der Waals surface area (Å²) >= 11 is 0. The number of nitrogens with one attached hydrogen (secondary N) is 2. The predicted molar refractivity (Wildman–Crippen MR) is 80.9 cm³/mol. The van der Waals surface area contributed by atoms with Gasteiger partial charge in [0.2, 0.25) is 5.91 Å². The lowest BCUT2D eigenvalue weighted by atomic mass is 10.0. The van der Waals surface area contributed by atoms with Gasteiger partial charge in [0.15, 0.2) is 0 Å². The second-order valence-corrected chi connectivity index (χ2v) is 5.98. The molecule has 0 radical (unpaired) electrons. The zero-order valence-corrected chi connectivity index (χ0v) is 12.3. The van der Waals surface area contributed by atoms with Crippen LogP contribution < -0.4 is 10.6 Å². The van der Waals surface area contributed by atoms with Gasteiger partial charge < -0.3 is 15.5 Å². The number of hydrogen-bond donors (Lipinski definition) is 2. The smallest absolute Gasteiger partial charge is 0.236 e. The normalized spacial score (nSPS) is 19.5. The van der Waals surface area contributed by atoms with Crippen LogP contribution in [0.5, 0.6) is 0 Å². The average Bonchev–Trinajstić information content (AvgIpc) is 3.33. The van der Waals surface area contributed by atoms with E-state index in [1.165, 1.54) is 12.8 Å². The molecule has 1 saturated heterocycles. The Hall–Kier alpha value is -1.69. The third-order valence-electron chi connectivity index (χ3n) is 4.18. The summed E-state index contributed by atoms with van der Waals surface area (Å²) in [4.78, 5) is 14.1. The largest absolute Gasteiger partial charge is 0.366 e. The lowest BCUT2D eigenvalue weighted by Gasteiger charge is -2.32. The van der Waals surface area contributed by atoms with Crippen LogP contribution in [0.15, 0.2) is 18.3 Å². The van der Waals surface area contributed by atoms with Gasteiger partial charge >= 0.3 is 0 Å². The lowest BCUT2D eigenvalue weighted by molar-refractivity contribution is -0.131. The molecule has 2 heterocycles. The third-order valence-corrected chi connectivity index (χ3v) is 4.18. The number of rotatable bonds is 6. The molecule has 1 aliphatic carbocycles. The summed E-state index contributed by atoms with van der Waals surface area (Å²) in [5, 5.41) is 14.5. The highest BCUT2D eigenvalue weighted by atomic mass is 16.2. The van der Waals surface area contributed by atoms with E-state index in [9.17, 15) is 4.79 Å². The molecule has 21 heavy (non-hydrogen) atoms. The molecular formula is C15H23N5O. The van der Waals surface area contributed by atoms with Gasteiger partial charge in [0.1, 0.15) is 5.82 Å².